The van der Waals surface area contributed by atoms with E-state index in [9.17, 15) is 0 Å². The maximum atomic E-state index is 6.10. The molecule has 0 spiro atoms. The molecule has 0 aliphatic heterocycles. The van der Waals surface area contributed by atoms with Gasteiger partial charge in [0.25, 0.3) is 0 Å². The Labute approximate surface area is 114 Å². The lowest BCUT2D eigenvalue weighted by molar-refractivity contribution is 0.0313. The van der Waals surface area contributed by atoms with Gasteiger partial charge in [-0.1, -0.05) is 56.0 Å². The first-order valence-corrected chi connectivity index (χ1v) is 6.99. The topological polar surface area (TPSA) is 9.23 Å². The molecule has 0 aliphatic carbocycles. The molecular formula is C14H20Cl2O. The number of rotatable bonds is 7. The highest BCUT2D eigenvalue weighted by Gasteiger charge is 2.10. The largest absolute Gasteiger partial charge is 0.373 e. The minimum Gasteiger partial charge on any atom is -0.373 e. The van der Waals surface area contributed by atoms with Crippen LogP contribution in [0, 0.1) is 0 Å². The number of hydrogen-bond acceptors (Lipinski definition) is 1. The first-order chi connectivity index (χ1) is 8.19. The van der Waals surface area contributed by atoms with E-state index in [2.05, 4.69) is 13.8 Å². The molecule has 1 rings (SSSR count). The van der Waals surface area contributed by atoms with Crippen LogP contribution in [0.15, 0.2) is 18.2 Å². The van der Waals surface area contributed by atoms with Gasteiger partial charge in [0, 0.05) is 15.6 Å². The lowest BCUT2D eigenvalue weighted by atomic mass is 10.1. The van der Waals surface area contributed by atoms with Crippen LogP contribution in [0.3, 0.4) is 0 Å². The minimum atomic E-state index is 0.308. The first kappa shape index (κ1) is 14.8. The summed E-state index contributed by atoms with van der Waals surface area (Å²) in [4.78, 5) is 0. The van der Waals surface area contributed by atoms with Gasteiger partial charge in [0.1, 0.15) is 0 Å². The van der Waals surface area contributed by atoms with Crippen molar-refractivity contribution in [2.45, 2.75) is 52.2 Å². The maximum absolute atomic E-state index is 6.10. The Morgan fingerprint density at radius 1 is 1.18 bits per heavy atom. The van der Waals surface area contributed by atoms with Crippen LogP contribution < -0.4 is 0 Å². The second-order valence-electron chi connectivity index (χ2n) is 4.18. The molecule has 0 aromatic heterocycles. The van der Waals surface area contributed by atoms with Crippen molar-refractivity contribution in [3.63, 3.8) is 0 Å². The van der Waals surface area contributed by atoms with Gasteiger partial charge >= 0.3 is 0 Å². The molecule has 0 aliphatic rings. The van der Waals surface area contributed by atoms with Crippen LogP contribution in [-0.4, -0.2) is 6.10 Å². The summed E-state index contributed by atoms with van der Waals surface area (Å²) in [5.41, 5.74) is 0.894. The summed E-state index contributed by atoms with van der Waals surface area (Å²) in [6.07, 6.45) is 4.85. The molecule has 0 saturated heterocycles. The van der Waals surface area contributed by atoms with Crippen molar-refractivity contribution in [2.24, 2.45) is 0 Å². The molecular weight excluding hydrogens is 255 g/mol. The van der Waals surface area contributed by atoms with E-state index in [0.29, 0.717) is 22.8 Å². The lowest BCUT2D eigenvalue weighted by Crippen LogP contribution is -2.11. The zero-order chi connectivity index (χ0) is 12.7. The molecule has 1 atom stereocenters. The Balaban J connectivity index is 2.53. The fourth-order valence-corrected chi connectivity index (χ4v) is 2.22. The van der Waals surface area contributed by atoms with Crippen LogP contribution in [0.4, 0.5) is 0 Å². The second-order valence-corrected chi connectivity index (χ2v) is 5.00. The summed E-state index contributed by atoms with van der Waals surface area (Å²) in [6.45, 7) is 4.84. The molecule has 0 bridgehead atoms. The third kappa shape index (κ3) is 4.87. The van der Waals surface area contributed by atoms with Gasteiger partial charge in [-0.25, -0.2) is 0 Å². The molecule has 0 amide bonds. The molecule has 17 heavy (non-hydrogen) atoms. The van der Waals surface area contributed by atoms with Crippen LogP contribution >= 0.6 is 23.2 Å². The van der Waals surface area contributed by atoms with Crippen LogP contribution in [0.25, 0.3) is 0 Å². The van der Waals surface area contributed by atoms with E-state index in [4.69, 9.17) is 27.9 Å². The van der Waals surface area contributed by atoms with Gasteiger partial charge in [0.15, 0.2) is 0 Å². The maximum Gasteiger partial charge on any atom is 0.0749 e. The van der Waals surface area contributed by atoms with E-state index < -0.39 is 0 Å². The van der Waals surface area contributed by atoms with E-state index >= 15 is 0 Å². The molecule has 0 saturated carbocycles. The highest BCUT2D eigenvalue weighted by atomic mass is 35.5. The summed E-state index contributed by atoms with van der Waals surface area (Å²) in [5, 5.41) is 1.37. The Kier molecular flexibility index (Phi) is 6.94. The Hall–Kier alpha value is -0.240. The number of unbranched alkanes of at least 4 members (excludes halogenated alkanes) is 1. The van der Waals surface area contributed by atoms with Crippen molar-refractivity contribution in [3.8, 4) is 0 Å². The average molecular weight is 275 g/mol. The van der Waals surface area contributed by atoms with Gasteiger partial charge < -0.3 is 4.74 Å². The molecule has 3 heteroatoms. The molecule has 0 heterocycles. The SMILES string of the molecule is CCCCC(CC)OCc1c(Cl)cccc1Cl. The van der Waals surface area contributed by atoms with Gasteiger partial charge in [-0.3, -0.25) is 0 Å². The van der Waals surface area contributed by atoms with E-state index in [1.54, 1.807) is 0 Å². The van der Waals surface area contributed by atoms with Gasteiger partial charge in [0.2, 0.25) is 0 Å². The molecule has 0 fully saturated rings. The Morgan fingerprint density at radius 2 is 1.82 bits per heavy atom. The Bertz CT molecular complexity index is 319. The number of halogens is 2. The fourth-order valence-electron chi connectivity index (χ4n) is 1.71. The summed E-state index contributed by atoms with van der Waals surface area (Å²) < 4.78 is 5.87. The summed E-state index contributed by atoms with van der Waals surface area (Å²) in [6, 6.07) is 5.54. The van der Waals surface area contributed by atoms with E-state index in [-0.39, 0.29) is 0 Å². The second kappa shape index (κ2) is 7.97. The highest BCUT2D eigenvalue weighted by molar-refractivity contribution is 6.35. The van der Waals surface area contributed by atoms with Crippen molar-refractivity contribution in [1.82, 2.24) is 0 Å². The minimum absolute atomic E-state index is 0.308. The van der Waals surface area contributed by atoms with Crippen molar-refractivity contribution >= 4 is 23.2 Å². The predicted octanol–water partition coefficient (Wildman–Crippen LogP) is 5.48. The average Bonchev–Trinajstić information content (AvgIpc) is 2.32. The third-order valence-corrected chi connectivity index (χ3v) is 3.57. The number of hydrogen-bond donors (Lipinski definition) is 0. The number of benzene rings is 1. The third-order valence-electron chi connectivity index (χ3n) is 2.86. The molecule has 0 radical (unpaired) electrons. The Morgan fingerprint density at radius 3 is 2.35 bits per heavy atom. The molecule has 1 unspecified atom stereocenters. The summed E-state index contributed by atoms with van der Waals surface area (Å²) in [5.74, 6) is 0. The van der Waals surface area contributed by atoms with Gasteiger partial charge in [-0.2, -0.15) is 0 Å². The molecule has 0 N–H and O–H groups in total. The van der Waals surface area contributed by atoms with Gasteiger partial charge in [-0.05, 0) is 25.0 Å². The molecule has 1 aromatic carbocycles. The van der Waals surface area contributed by atoms with Crippen molar-refractivity contribution in [1.29, 1.82) is 0 Å². The molecule has 1 nitrogen and oxygen atoms in total. The summed E-state index contributed by atoms with van der Waals surface area (Å²) >= 11 is 12.2. The summed E-state index contributed by atoms with van der Waals surface area (Å²) in [7, 11) is 0. The highest BCUT2D eigenvalue weighted by Crippen LogP contribution is 2.26. The lowest BCUT2D eigenvalue weighted by Gasteiger charge is -2.16. The first-order valence-electron chi connectivity index (χ1n) is 6.23. The van der Waals surface area contributed by atoms with E-state index in [0.717, 1.165) is 18.4 Å². The smallest absolute Gasteiger partial charge is 0.0749 e. The van der Waals surface area contributed by atoms with Crippen LogP contribution in [0.2, 0.25) is 10.0 Å². The normalized spacial score (nSPS) is 12.7. The quantitative estimate of drug-likeness (QED) is 0.640. The van der Waals surface area contributed by atoms with Crippen molar-refractivity contribution < 1.29 is 4.74 Å². The van der Waals surface area contributed by atoms with Crippen LogP contribution in [0.1, 0.15) is 45.1 Å². The predicted molar refractivity (Wildman–Crippen MR) is 74.9 cm³/mol. The molecule has 96 valence electrons. The van der Waals surface area contributed by atoms with Gasteiger partial charge in [0.05, 0.1) is 12.7 Å². The van der Waals surface area contributed by atoms with E-state index in [1.807, 2.05) is 18.2 Å². The van der Waals surface area contributed by atoms with E-state index in [1.165, 1.54) is 12.8 Å². The fraction of sp³-hybridized carbons (Fsp3) is 0.571. The molecule has 1 aromatic rings. The zero-order valence-corrected chi connectivity index (χ0v) is 12.0. The zero-order valence-electron chi connectivity index (χ0n) is 10.5. The van der Waals surface area contributed by atoms with Crippen molar-refractivity contribution in [2.75, 3.05) is 0 Å². The monoisotopic (exact) mass is 274 g/mol. The van der Waals surface area contributed by atoms with Crippen molar-refractivity contribution in [3.05, 3.63) is 33.8 Å². The van der Waals surface area contributed by atoms with Gasteiger partial charge in [-0.15, -0.1) is 0 Å². The standard InChI is InChI=1S/C14H20Cl2O/c1-3-5-7-11(4-2)17-10-12-13(15)8-6-9-14(12)16/h6,8-9,11H,3-5,7,10H2,1-2H3. The number of ether oxygens (including phenoxy) is 1. The van der Waals surface area contributed by atoms with Crippen LogP contribution in [0.5, 0.6) is 0 Å². The van der Waals surface area contributed by atoms with Crippen LogP contribution in [-0.2, 0) is 11.3 Å².